The first kappa shape index (κ1) is 12.3. The van der Waals surface area contributed by atoms with Crippen LogP contribution in [0.4, 0.5) is 0 Å². The fourth-order valence-corrected chi connectivity index (χ4v) is 5.52. The van der Waals surface area contributed by atoms with Crippen molar-refractivity contribution in [2.24, 2.45) is 22.7 Å². The molecule has 2 heteroatoms. The first-order valence-corrected chi connectivity index (χ1v) is 7.19. The molecule has 2 nitrogen and oxygen atoms in total. The van der Waals surface area contributed by atoms with Gasteiger partial charge in [-0.1, -0.05) is 20.4 Å². The average molecular weight is 248 g/mol. The second-order valence-electron chi connectivity index (χ2n) is 7.66. The molecule has 0 aromatic rings. The van der Waals surface area contributed by atoms with Crippen molar-refractivity contribution in [1.82, 2.24) is 0 Å². The standard InChI is InChI=1S/C16H24O2/c1-10(2)13(17)18-14-15(3)6-11-5-12(7-15)9-16(14,4)8-11/h11-12,14H,1,5-9H2,2-4H3. The van der Waals surface area contributed by atoms with E-state index in [2.05, 4.69) is 20.4 Å². The third-order valence-corrected chi connectivity index (χ3v) is 5.53. The summed E-state index contributed by atoms with van der Waals surface area (Å²) in [5.41, 5.74) is 0.949. The van der Waals surface area contributed by atoms with E-state index in [0.717, 1.165) is 11.8 Å². The highest BCUT2D eigenvalue weighted by molar-refractivity contribution is 5.87. The number of hydrogen-bond acceptors (Lipinski definition) is 2. The number of rotatable bonds is 2. The van der Waals surface area contributed by atoms with Crippen LogP contribution in [0.15, 0.2) is 12.2 Å². The lowest BCUT2D eigenvalue weighted by Gasteiger charge is -2.63. The van der Waals surface area contributed by atoms with Crippen molar-refractivity contribution in [3.8, 4) is 0 Å². The maximum atomic E-state index is 11.9. The summed E-state index contributed by atoms with van der Waals surface area (Å²) < 4.78 is 5.86. The van der Waals surface area contributed by atoms with E-state index in [-0.39, 0.29) is 22.9 Å². The minimum Gasteiger partial charge on any atom is -0.458 e. The quantitative estimate of drug-likeness (QED) is 0.550. The SMILES string of the molecule is C=C(C)C(=O)OC1C2(C)CC3CC(C2)CC1(C)C3. The molecule has 0 aliphatic heterocycles. The van der Waals surface area contributed by atoms with Gasteiger partial charge in [0, 0.05) is 16.4 Å². The molecule has 18 heavy (non-hydrogen) atoms. The molecule has 4 fully saturated rings. The Morgan fingerprint density at radius 1 is 1.11 bits per heavy atom. The van der Waals surface area contributed by atoms with Crippen LogP contribution in [0, 0.1) is 22.7 Å². The van der Waals surface area contributed by atoms with Crippen LogP contribution in [-0.4, -0.2) is 12.1 Å². The van der Waals surface area contributed by atoms with Gasteiger partial charge in [0.1, 0.15) is 6.10 Å². The van der Waals surface area contributed by atoms with Crippen LogP contribution in [0.5, 0.6) is 0 Å². The van der Waals surface area contributed by atoms with Crippen molar-refractivity contribution in [2.75, 3.05) is 0 Å². The van der Waals surface area contributed by atoms with Crippen LogP contribution in [0.3, 0.4) is 0 Å². The molecule has 4 aliphatic carbocycles. The van der Waals surface area contributed by atoms with Crippen molar-refractivity contribution in [3.05, 3.63) is 12.2 Å². The zero-order valence-electron chi connectivity index (χ0n) is 11.8. The second-order valence-corrected chi connectivity index (χ2v) is 7.66. The minimum atomic E-state index is -0.199. The fraction of sp³-hybridized carbons (Fsp3) is 0.812. The van der Waals surface area contributed by atoms with Gasteiger partial charge in [0.25, 0.3) is 0 Å². The maximum Gasteiger partial charge on any atom is 0.333 e. The smallest absolute Gasteiger partial charge is 0.333 e. The first-order valence-electron chi connectivity index (χ1n) is 7.19. The zero-order valence-corrected chi connectivity index (χ0v) is 11.8. The van der Waals surface area contributed by atoms with E-state index in [1.165, 1.54) is 32.1 Å². The molecule has 0 N–H and O–H groups in total. The monoisotopic (exact) mass is 248 g/mol. The molecule has 0 radical (unpaired) electrons. The van der Waals surface area contributed by atoms with Crippen LogP contribution in [0.25, 0.3) is 0 Å². The van der Waals surface area contributed by atoms with E-state index in [0.29, 0.717) is 5.57 Å². The van der Waals surface area contributed by atoms with E-state index in [1.807, 2.05) is 0 Å². The van der Waals surface area contributed by atoms with Crippen LogP contribution in [-0.2, 0) is 9.53 Å². The van der Waals surface area contributed by atoms with Crippen molar-refractivity contribution in [3.63, 3.8) is 0 Å². The summed E-state index contributed by atoms with van der Waals surface area (Å²) in [6, 6.07) is 0. The normalized spacial score (nSPS) is 49.2. The molecule has 100 valence electrons. The molecule has 0 aromatic heterocycles. The molecule has 4 rings (SSSR count). The van der Waals surface area contributed by atoms with Gasteiger partial charge in [-0.3, -0.25) is 0 Å². The van der Waals surface area contributed by atoms with Gasteiger partial charge in [-0.2, -0.15) is 0 Å². The van der Waals surface area contributed by atoms with E-state index in [9.17, 15) is 4.79 Å². The molecule has 0 spiro atoms. The molecule has 0 aromatic carbocycles. The summed E-state index contributed by atoms with van der Waals surface area (Å²) in [6.45, 7) is 10.1. The highest BCUT2D eigenvalue weighted by Gasteiger charge is 2.61. The van der Waals surface area contributed by atoms with Gasteiger partial charge in [0.2, 0.25) is 0 Å². The summed E-state index contributed by atoms with van der Waals surface area (Å²) in [6.07, 6.45) is 6.48. The Hall–Kier alpha value is -0.790. The number of carbonyl (C=O) groups excluding carboxylic acids is 1. The number of esters is 1. The van der Waals surface area contributed by atoms with Crippen molar-refractivity contribution >= 4 is 5.97 Å². The van der Waals surface area contributed by atoms with Gasteiger partial charge in [0.15, 0.2) is 0 Å². The number of hydrogen-bond donors (Lipinski definition) is 0. The Morgan fingerprint density at radius 2 is 1.56 bits per heavy atom. The topological polar surface area (TPSA) is 26.3 Å². The molecule has 4 saturated carbocycles. The van der Waals surface area contributed by atoms with Gasteiger partial charge in [0.05, 0.1) is 0 Å². The number of ether oxygens (including phenoxy) is 1. The maximum absolute atomic E-state index is 11.9. The van der Waals surface area contributed by atoms with Crippen molar-refractivity contribution in [1.29, 1.82) is 0 Å². The molecule has 0 heterocycles. The van der Waals surface area contributed by atoms with Crippen molar-refractivity contribution < 1.29 is 9.53 Å². The predicted molar refractivity (Wildman–Crippen MR) is 71.0 cm³/mol. The molecule has 4 bridgehead atoms. The second kappa shape index (κ2) is 3.61. The fourth-order valence-electron chi connectivity index (χ4n) is 5.52. The summed E-state index contributed by atoms with van der Waals surface area (Å²) in [4.78, 5) is 11.9. The predicted octanol–water partition coefficient (Wildman–Crippen LogP) is 3.71. The molecule has 0 amide bonds. The summed E-state index contributed by atoms with van der Waals surface area (Å²) in [5.74, 6) is 1.54. The summed E-state index contributed by atoms with van der Waals surface area (Å²) in [5, 5.41) is 0. The van der Waals surface area contributed by atoms with Gasteiger partial charge in [-0.15, -0.1) is 0 Å². The molecular formula is C16H24O2. The van der Waals surface area contributed by atoms with E-state index >= 15 is 0 Å². The van der Waals surface area contributed by atoms with Gasteiger partial charge in [-0.25, -0.2) is 4.79 Å². The largest absolute Gasteiger partial charge is 0.458 e. The van der Waals surface area contributed by atoms with Gasteiger partial charge in [-0.05, 0) is 50.9 Å². The summed E-state index contributed by atoms with van der Waals surface area (Å²) in [7, 11) is 0. The highest BCUT2D eigenvalue weighted by Crippen LogP contribution is 2.65. The van der Waals surface area contributed by atoms with Crippen LogP contribution >= 0.6 is 0 Å². The zero-order chi connectivity index (χ0) is 13.1. The van der Waals surface area contributed by atoms with E-state index < -0.39 is 0 Å². The average Bonchev–Trinajstić information content (AvgIpc) is 2.20. The molecule has 0 atom stereocenters. The first-order chi connectivity index (χ1) is 8.32. The molecule has 0 unspecified atom stereocenters. The third kappa shape index (κ3) is 1.64. The van der Waals surface area contributed by atoms with Gasteiger partial charge >= 0.3 is 5.97 Å². The molecule has 4 aliphatic rings. The summed E-state index contributed by atoms with van der Waals surface area (Å²) >= 11 is 0. The lowest BCUT2D eigenvalue weighted by atomic mass is 9.43. The Bertz CT molecular complexity index is 373. The van der Waals surface area contributed by atoms with E-state index in [1.54, 1.807) is 6.92 Å². The molecular weight excluding hydrogens is 224 g/mol. The lowest BCUT2D eigenvalue weighted by molar-refractivity contribution is -0.213. The minimum absolute atomic E-state index is 0.0991. The Morgan fingerprint density at radius 3 is 1.94 bits per heavy atom. The Labute approximate surface area is 110 Å². The number of carbonyl (C=O) groups is 1. The molecule has 0 saturated heterocycles. The van der Waals surface area contributed by atoms with Crippen LogP contribution < -0.4 is 0 Å². The van der Waals surface area contributed by atoms with Crippen LogP contribution in [0.1, 0.15) is 52.9 Å². The lowest BCUT2D eigenvalue weighted by Crippen LogP contribution is -2.61. The van der Waals surface area contributed by atoms with Gasteiger partial charge < -0.3 is 4.74 Å². The van der Waals surface area contributed by atoms with E-state index in [4.69, 9.17) is 4.74 Å². The highest BCUT2D eigenvalue weighted by atomic mass is 16.5. The Kier molecular flexibility index (Phi) is 2.46. The van der Waals surface area contributed by atoms with Crippen molar-refractivity contribution in [2.45, 2.75) is 59.0 Å². The van der Waals surface area contributed by atoms with Crippen LogP contribution in [0.2, 0.25) is 0 Å². The third-order valence-electron chi connectivity index (χ3n) is 5.53. The Balaban J connectivity index is 1.89.